The summed E-state index contributed by atoms with van der Waals surface area (Å²) < 4.78 is 0. The number of thiazole rings is 1. The second-order valence-electron chi connectivity index (χ2n) is 6.57. The minimum absolute atomic E-state index is 0.0505. The molecule has 1 unspecified atom stereocenters. The van der Waals surface area contributed by atoms with Crippen LogP contribution >= 0.6 is 22.7 Å². The lowest BCUT2D eigenvalue weighted by molar-refractivity contribution is -0.118. The molecule has 7 heteroatoms. The van der Waals surface area contributed by atoms with Gasteiger partial charge < -0.3 is 10.6 Å². The van der Waals surface area contributed by atoms with E-state index in [1.165, 1.54) is 28.2 Å². The molecule has 5 nitrogen and oxygen atoms in total. The maximum absolute atomic E-state index is 12.7. The van der Waals surface area contributed by atoms with Crippen molar-refractivity contribution in [1.82, 2.24) is 10.3 Å². The van der Waals surface area contributed by atoms with E-state index in [-0.39, 0.29) is 17.7 Å². The zero-order chi connectivity index (χ0) is 19.4. The molecule has 1 aromatic carbocycles. The highest BCUT2D eigenvalue weighted by Gasteiger charge is 2.25. The van der Waals surface area contributed by atoms with Gasteiger partial charge >= 0.3 is 0 Å². The van der Waals surface area contributed by atoms with Crippen molar-refractivity contribution in [1.29, 1.82) is 0 Å². The van der Waals surface area contributed by atoms with Gasteiger partial charge in [0.15, 0.2) is 5.13 Å². The molecule has 0 fully saturated rings. The first-order chi connectivity index (χ1) is 12.9. The summed E-state index contributed by atoms with van der Waals surface area (Å²) in [6.07, 6.45) is 0. The largest absolute Gasteiger partial charge is 0.339 e. The zero-order valence-electron chi connectivity index (χ0n) is 15.4. The van der Waals surface area contributed by atoms with Gasteiger partial charge in [0, 0.05) is 10.9 Å². The molecule has 1 atom stereocenters. The Morgan fingerprint density at radius 1 is 1.07 bits per heavy atom. The summed E-state index contributed by atoms with van der Waals surface area (Å²) in [6, 6.07) is 11.0. The third-order valence-electron chi connectivity index (χ3n) is 4.06. The number of aryl methyl sites for hydroxylation is 1. The summed E-state index contributed by atoms with van der Waals surface area (Å²) in [4.78, 5) is 30.1. The lowest BCUT2D eigenvalue weighted by atomic mass is 10.0. The van der Waals surface area contributed by atoms with E-state index in [2.05, 4.69) is 15.6 Å². The van der Waals surface area contributed by atoms with E-state index in [0.29, 0.717) is 10.0 Å². The SMILES string of the molecule is Cc1ccc(-c2csc(NC(=O)C(NC(=O)c3cccs3)C(C)C)n2)cc1. The molecular formula is C20H21N3O2S2. The van der Waals surface area contributed by atoms with Crippen LogP contribution in [-0.2, 0) is 4.79 Å². The molecule has 2 N–H and O–H groups in total. The molecule has 27 heavy (non-hydrogen) atoms. The number of anilines is 1. The molecule has 0 aliphatic rings. The predicted octanol–water partition coefficient (Wildman–Crippen LogP) is 4.57. The van der Waals surface area contributed by atoms with Crippen molar-refractivity contribution in [3.63, 3.8) is 0 Å². The Hall–Kier alpha value is -2.51. The highest BCUT2D eigenvalue weighted by molar-refractivity contribution is 7.14. The standard InChI is InChI=1S/C20H21N3O2S2/c1-12(2)17(22-18(24)16-5-4-10-26-16)19(25)23-20-21-15(11-27-20)14-8-6-13(3)7-9-14/h4-12,17H,1-3H3,(H,22,24)(H,21,23,25). The maximum atomic E-state index is 12.7. The molecule has 0 radical (unpaired) electrons. The summed E-state index contributed by atoms with van der Waals surface area (Å²) in [5.74, 6) is -0.552. The number of benzene rings is 1. The molecule has 0 spiro atoms. The predicted molar refractivity (Wildman–Crippen MR) is 111 cm³/mol. The number of nitrogens with zero attached hydrogens (tertiary/aromatic N) is 1. The monoisotopic (exact) mass is 399 g/mol. The average Bonchev–Trinajstić information content (AvgIpc) is 3.31. The number of hydrogen-bond acceptors (Lipinski definition) is 5. The van der Waals surface area contributed by atoms with E-state index in [4.69, 9.17) is 0 Å². The van der Waals surface area contributed by atoms with E-state index in [1.807, 2.05) is 61.9 Å². The first-order valence-electron chi connectivity index (χ1n) is 8.62. The molecule has 140 valence electrons. The van der Waals surface area contributed by atoms with E-state index < -0.39 is 6.04 Å². The second-order valence-corrected chi connectivity index (χ2v) is 8.37. The van der Waals surface area contributed by atoms with Gasteiger partial charge in [0.1, 0.15) is 6.04 Å². The molecule has 0 aliphatic carbocycles. The van der Waals surface area contributed by atoms with Crippen LogP contribution in [0.1, 0.15) is 29.1 Å². The Labute approximate surface area is 166 Å². The van der Waals surface area contributed by atoms with Crippen molar-refractivity contribution in [2.45, 2.75) is 26.8 Å². The van der Waals surface area contributed by atoms with Gasteiger partial charge in [-0.05, 0) is 24.3 Å². The summed E-state index contributed by atoms with van der Waals surface area (Å²) in [6.45, 7) is 5.84. The molecule has 2 aromatic heterocycles. The topological polar surface area (TPSA) is 71.1 Å². The van der Waals surface area contributed by atoms with E-state index in [9.17, 15) is 9.59 Å². The van der Waals surface area contributed by atoms with Crippen molar-refractivity contribution in [3.05, 3.63) is 57.6 Å². The van der Waals surface area contributed by atoms with Crippen LogP contribution < -0.4 is 10.6 Å². The van der Waals surface area contributed by atoms with E-state index in [0.717, 1.165) is 11.3 Å². The zero-order valence-corrected chi connectivity index (χ0v) is 17.0. The Balaban J connectivity index is 1.69. The molecule has 0 bridgehead atoms. The van der Waals surface area contributed by atoms with Gasteiger partial charge in [-0.25, -0.2) is 4.98 Å². The lowest BCUT2D eigenvalue weighted by Crippen LogP contribution is -2.46. The first kappa shape index (κ1) is 19.3. The van der Waals surface area contributed by atoms with Gasteiger partial charge in [0.2, 0.25) is 5.91 Å². The average molecular weight is 400 g/mol. The van der Waals surface area contributed by atoms with E-state index in [1.54, 1.807) is 6.07 Å². The van der Waals surface area contributed by atoms with E-state index >= 15 is 0 Å². The number of amides is 2. The number of thiophene rings is 1. The van der Waals surface area contributed by atoms with Crippen molar-refractivity contribution < 1.29 is 9.59 Å². The van der Waals surface area contributed by atoms with Crippen molar-refractivity contribution in [3.8, 4) is 11.3 Å². The maximum Gasteiger partial charge on any atom is 0.262 e. The lowest BCUT2D eigenvalue weighted by Gasteiger charge is -2.20. The molecule has 2 amide bonds. The summed E-state index contributed by atoms with van der Waals surface area (Å²) >= 11 is 2.72. The fraction of sp³-hybridized carbons (Fsp3) is 0.250. The summed E-state index contributed by atoms with van der Waals surface area (Å²) in [5, 5.41) is 9.92. The molecule has 3 aromatic rings. The second kappa shape index (κ2) is 8.45. The van der Waals surface area contributed by atoms with Crippen LogP contribution in [0.2, 0.25) is 0 Å². The number of rotatable bonds is 6. The van der Waals surface area contributed by atoms with Gasteiger partial charge in [0.25, 0.3) is 5.91 Å². The van der Waals surface area contributed by atoms with Gasteiger partial charge in [-0.1, -0.05) is 49.7 Å². The Bertz CT molecular complexity index is 915. The molecule has 2 heterocycles. The number of carbonyl (C=O) groups excluding carboxylic acids is 2. The van der Waals surface area contributed by atoms with Gasteiger partial charge in [-0.2, -0.15) is 0 Å². The van der Waals surface area contributed by atoms with Crippen LogP contribution in [-0.4, -0.2) is 22.8 Å². The minimum Gasteiger partial charge on any atom is -0.339 e. The molecule has 3 rings (SSSR count). The highest BCUT2D eigenvalue weighted by Crippen LogP contribution is 2.25. The third kappa shape index (κ3) is 4.81. The summed E-state index contributed by atoms with van der Waals surface area (Å²) in [7, 11) is 0. The Kier molecular flexibility index (Phi) is 6.03. The van der Waals surface area contributed by atoms with Gasteiger partial charge in [0.05, 0.1) is 10.6 Å². The number of carbonyl (C=O) groups is 2. The molecule has 0 saturated carbocycles. The number of hydrogen-bond donors (Lipinski definition) is 2. The van der Waals surface area contributed by atoms with Crippen molar-refractivity contribution in [2.24, 2.45) is 5.92 Å². The van der Waals surface area contributed by atoms with Crippen LogP contribution in [0.5, 0.6) is 0 Å². The molecule has 0 aliphatic heterocycles. The third-order valence-corrected chi connectivity index (χ3v) is 5.69. The van der Waals surface area contributed by atoms with Crippen LogP contribution in [0.15, 0.2) is 47.2 Å². The summed E-state index contributed by atoms with van der Waals surface area (Å²) in [5.41, 5.74) is 3.01. The van der Waals surface area contributed by atoms with Crippen molar-refractivity contribution >= 4 is 39.6 Å². The fourth-order valence-corrected chi connectivity index (χ4v) is 3.88. The van der Waals surface area contributed by atoms with Gasteiger partial charge in [-0.3, -0.25) is 9.59 Å². The Morgan fingerprint density at radius 3 is 2.44 bits per heavy atom. The molecule has 0 saturated heterocycles. The molecular weight excluding hydrogens is 378 g/mol. The first-order valence-corrected chi connectivity index (χ1v) is 10.4. The smallest absolute Gasteiger partial charge is 0.262 e. The highest BCUT2D eigenvalue weighted by atomic mass is 32.1. The van der Waals surface area contributed by atoms with Crippen LogP contribution in [0.25, 0.3) is 11.3 Å². The quantitative estimate of drug-likeness (QED) is 0.638. The number of nitrogens with one attached hydrogen (secondary N) is 2. The Morgan fingerprint density at radius 2 is 1.81 bits per heavy atom. The van der Waals surface area contributed by atoms with Crippen LogP contribution in [0, 0.1) is 12.8 Å². The van der Waals surface area contributed by atoms with Crippen LogP contribution in [0.4, 0.5) is 5.13 Å². The van der Waals surface area contributed by atoms with Crippen LogP contribution in [0.3, 0.4) is 0 Å². The van der Waals surface area contributed by atoms with Crippen molar-refractivity contribution in [2.75, 3.05) is 5.32 Å². The fourth-order valence-electron chi connectivity index (χ4n) is 2.53. The number of aromatic nitrogens is 1. The van der Waals surface area contributed by atoms with Gasteiger partial charge in [-0.15, -0.1) is 22.7 Å². The normalized spacial score (nSPS) is 12.0. The minimum atomic E-state index is -0.633.